The molecule has 23 heavy (non-hydrogen) atoms. The molecule has 0 amide bonds. The highest BCUT2D eigenvalue weighted by Gasteiger charge is 2.35. The average Bonchev–Trinajstić information content (AvgIpc) is 2.49. The fourth-order valence-corrected chi connectivity index (χ4v) is 2.02. The van der Waals surface area contributed by atoms with Gasteiger partial charge < -0.3 is 4.74 Å². The van der Waals surface area contributed by atoms with Gasteiger partial charge in [-0.05, 0) is 23.8 Å². The molecular weight excluding hydrogens is 311 g/mol. The van der Waals surface area contributed by atoms with E-state index in [0.717, 1.165) is 0 Å². The molecule has 0 unspecified atom stereocenters. The monoisotopic (exact) mass is 323 g/mol. The first-order valence-corrected chi connectivity index (χ1v) is 6.53. The summed E-state index contributed by atoms with van der Waals surface area (Å²) in [6.45, 7) is -0.154. The standard InChI is InChI=1S/C15H12F3N3O2/c1-23-12-4-2-3-10(7-12)9-21-14(22)13(15(16,17)18)8-11(20-21)5-6-19/h2-4,7-8H,5,9H2,1H3. The molecule has 0 aliphatic carbocycles. The van der Waals surface area contributed by atoms with E-state index < -0.39 is 17.3 Å². The van der Waals surface area contributed by atoms with Crippen LogP contribution in [0.5, 0.6) is 5.75 Å². The Labute approximate surface area is 129 Å². The molecule has 0 saturated carbocycles. The van der Waals surface area contributed by atoms with Crippen LogP contribution < -0.4 is 10.3 Å². The highest BCUT2D eigenvalue weighted by atomic mass is 19.4. The molecule has 2 rings (SSSR count). The minimum Gasteiger partial charge on any atom is -0.497 e. The predicted molar refractivity (Wildman–Crippen MR) is 74.9 cm³/mol. The first kappa shape index (κ1) is 16.5. The van der Waals surface area contributed by atoms with Crippen molar-refractivity contribution in [3.8, 4) is 11.8 Å². The first-order valence-electron chi connectivity index (χ1n) is 6.53. The zero-order valence-corrected chi connectivity index (χ0v) is 12.1. The summed E-state index contributed by atoms with van der Waals surface area (Å²) in [5, 5.41) is 12.5. The lowest BCUT2D eigenvalue weighted by molar-refractivity contribution is -0.139. The second-order valence-electron chi connectivity index (χ2n) is 4.70. The number of benzene rings is 1. The molecular formula is C15H12F3N3O2. The maximum atomic E-state index is 13.0. The SMILES string of the molecule is COc1cccc(Cn2nc(CC#N)cc(C(F)(F)F)c2=O)c1. The molecule has 1 aromatic carbocycles. The number of nitrogens with zero attached hydrogens (tertiary/aromatic N) is 3. The van der Waals surface area contributed by atoms with Crippen molar-refractivity contribution in [2.45, 2.75) is 19.1 Å². The van der Waals surface area contributed by atoms with E-state index in [0.29, 0.717) is 22.1 Å². The van der Waals surface area contributed by atoms with Crippen molar-refractivity contribution in [2.75, 3.05) is 7.11 Å². The van der Waals surface area contributed by atoms with Crippen LogP contribution in [0.4, 0.5) is 13.2 Å². The summed E-state index contributed by atoms with van der Waals surface area (Å²) in [5.74, 6) is 0.514. The van der Waals surface area contributed by atoms with Crippen LogP contribution >= 0.6 is 0 Å². The lowest BCUT2D eigenvalue weighted by Crippen LogP contribution is -2.31. The molecule has 0 saturated heterocycles. The molecule has 0 bridgehead atoms. The second-order valence-corrected chi connectivity index (χ2v) is 4.70. The number of hydrogen-bond acceptors (Lipinski definition) is 4. The van der Waals surface area contributed by atoms with Crippen LogP contribution in [-0.2, 0) is 19.1 Å². The lowest BCUT2D eigenvalue weighted by Gasteiger charge is -2.12. The number of methoxy groups -OCH3 is 1. The Morgan fingerprint density at radius 3 is 2.70 bits per heavy atom. The van der Waals surface area contributed by atoms with Crippen molar-refractivity contribution < 1.29 is 17.9 Å². The molecule has 0 atom stereocenters. The average molecular weight is 323 g/mol. The van der Waals surface area contributed by atoms with E-state index in [1.165, 1.54) is 7.11 Å². The van der Waals surface area contributed by atoms with Crippen molar-refractivity contribution in [1.29, 1.82) is 5.26 Å². The molecule has 2 aromatic rings. The van der Waals surface area contributed by atoms with Crippen LogP contribution in [0.15, 0.2) is 35.1 Å². The number of aromatic nitrogens is 2. The predicted octanol–water partition coefficient (Wildman–Crippen LogP) is 2.39. The van der Waals surface area contributed by atoms with Crippen molar-refractivity contribution in [1.82, 2.24) is 9.78 Å². The molecule has 1 aromatic heterocycles. The summed E-state index contributed by atoms with van der Waals surface area (Å²) in [6, 6.07) is 8.91. The molecule has 0 N–H and O–H groups in total. The Morgan fingerprint density at radius 2 is 2.09 bits per heavy atom. The van der Waals surface area contributed by atoms with Gasteiger partial charge in [-0.1, -0.05) is 12.1 Å². The highest BCUT2D eigenvalue weighted by Crippen LogP contribution is 2.26. The topological polar surface area (TPSA) is 67.9 Å². The molecule has 0 aliphatic rings. The van der Waals surface area contributed by atoms with E-state index in [9.17, 15) is 18.0 Å². The largest absolute Gasteiger partial charge is 0.497 e. The Bertz CT molecular complexity index is 807. The molecule has 8 heteroatoms. The normalized spacial score (nSPS) is 11.1. The number of alkyl halides is 3. The van der Waals surface area contributed by atoms with E-state index in [2.05, 4.69) is 5.10 Å². The summed E-state index contributed by atoms with van der Waals surface area (Å²) in [5.41, 5.74) is -2.13. The zero-order valence-electron chi connectivity index (χ0n) is 12.1. The number of ether oxygens (including phenoxy) is 1. The van der Waals surface area contributed by atoms with Gasteiger partial charge in [-0.25, -0.2) is 4.68 Å². The fourth-order valence-electron chi connectivity index (χ4n) is 2.02. The summed E-state index contributed by atoms with van der Waals surface area (Å²) >= 11 is 0. The fraction of sp³-hybridized carbons (Fsp3) is 0.267. The number of nitriles is 1. The smallest absolute Gasteiger partial charge is 0.421 e. The van der Waals surface area contributed by atoms with E-state index >= 15 is 0 Å². The van der Waals surface area contributed by atoms with E-state index in [1.54, 1.807) is 30.3 Å². The quantitative estimate of drug-likeness (QED) is 0.866. The Balaban J connectivity index is 2.50. The van der Waals surface area contributed by atoms with Gasteiger partial charge >= 0.3 is 6.18 Å². The molecule has 120 valence electrons. The third kappa shape index (κ3) is 3.88. The molecule has 5 nitrogen and oxygen atoms in total. The first-order chi connectivity index (χ1) is 10.8. The van der Waals surface area contributed by atoms with Gasteiger partial charge in [0.25, 0.3) is 5.56 Å². The van der Waals surface area contributed by atoms with Crippen LogP contribution in [0.3, 0.4) is 0 Å². The number of rotatable bonds is 4. The molecule has 0 spiro atoms. The minimum absolute atomic E-state index is 0.109. The van der Waals surface area contributed by atoms with Gasteiger partial charge in [-0.2, -0.15) is 23.5 Å². The third-order valence-electron chi connectivity index (χ3n) is 3.06. The van der Waals surface area contributed by atoms with Crippen LogP contribution in [0, 0.1) is 11.3 Å². The van der Waals surface area contributed by atoms with Crippen molar-refractivity contribution >= 4 is 0 Å². The summed E-state index contributed by atoms with van der Waals surface area (Å²) in [6.07, 6.45) is -5.12. The zero-order chi connectivity index (χ0) is 17.0. The van der Waals surface area contributed by atoms with Crippen molar-refractivity contribution in [3.63, 3.8) is 0 Å². The molecule has 0 radical (unpaired) electrons. The van der Waals surface area contributed by atoms with Crippen LogP contribution in [0.25, 0.3) is 0 Å². The van der Waals surface area contributed by atoms with E-state index in [1.807, 2.05) is 0 Å². The van der Waals surface area contributed by atoms with Gasteiger partial charge in [0.2, 0.25) is 0 Å². The summed E-state index contributed by atoms with van der Waals surface area (Å²) < 4.78 is 44.6. The second kappa shape index (κ2) is 6.52. The third-order valence-corrected chi connectivity index (χ3v) is 3.06. The number of halogens is 3. The Morgan fingerprint density at radius 1 is 1.35 bits per heavy atom. The van der Waals surface area contributed by atoms with Gasteiger partial charge in [0.15, 0.2) is 0 Å². The van der Waals surface area contributed by atoms with E-state index in [4.69, 9.17) is 10.00 Å². The maximum Gasteiger partial charge on any atom is 0.421 e. The minimum atomic E-state index is -4.81. The molecule has 0 aliphatic heterocycles. The molecule has 0 fully saturated rings. The Hall–Kier alpha value is -2.82. The number of hydrogen-bond donors (Lipinski definition) is 0. The van der Waals surface area contributed by atoms with Crippen LogP contribution in [-0.4, -0.2) is 16.9 Å². The van der Waals surface area contributed by atoms with Crippen molar-refractivity contribution in [3.05, 3.63) is 57.5 Å². The van der Waals surface area contributed by atoms with E-state index in [-0.39, 0.29) is 18.7 Å². The van der Waals surface area contributed by atoms with Gasteiger partial charge in [-0.3, -0.25) is 4.79 Å². The van der Waals surface area contributed by atoms with Crippen LogP contribution in [0.2, 0.25) is 0 Å². The summed E-state index contributed by atoms with van der Waals surface area (Å²) in [7, 11) is 1.46. The van der Waals surface area contributed by atoms with Gasteiger partial charge in [0.1, 0.15) is 11.3 Å². The van der Waals surface area contributed by atoms with Gasteiger partial charge in [0, 0.05) is 0 Å². The maximum absolute atomic E-state index is 13.0. The van der Waals surface area contributed by atoms with Crippen molar-refractivity contribution in [2.24, 2.45) is 0 Å². The Kier molecular flexibility index (Phi) is 4.69. The van der Waals surface area contributed by atoms with Gasteiger partial charge in [-0.15, -0.1) is 0 Å². The highest BCUT2D eigenvalue weighted by molar-refractivity contribution is 5.29. The van der Waals surface area contributed by atoms with Crippen LogP contribution in [0.1, 0.15) is 16.8 Å². The molecule has 1 heterocycles. The lowest BCUT2D eigenvalue weighted by atomic mass is 10.2. The summed E-state index contributed by atoms with van der Waals surface area (Å²) in [4.78, 5) is 12.0. The van der Waals surface area contributed by atoms with Gasteiger partial charge in [0.05, 0.1) is 31.8 Å².